The molecule has 2 aromatic heterocycles. The number of hydrogen-bond acceptors (Lipinski definition) is 5. The van der Waals surface area contributed by atoms with Crippen molar-refractivity contribution in [2.45, 2.75) is 24.2 Å². The molecule has 0 atom stereocenters. The molecule has 0 fully saturated rings. The molecule has 27 heavy (non-hydrogen) atoms. The maximum absolute atomic E-state index is 13.6. The second kappa shape index (κ2) is 7.66. The van der Waals surface area contributed by atoms with E-state index in [0.717, 1.165) is 10.0 Å². The van der Waals surface area contributed by atoms with E-state index in [-0.39, 0.29) is 28.9 Å². The van der Waals surface area contributed by atoms with Crippen molar-refractivity contribution in [1.29, 1.82) is 0 Å². The van der Waals surface area contributed by atoms with Gasteiger partial charge in [0.05, 0.1) is 23.0 Å². The van der Waals surface area contributed by atoms with Gasteiger partial charge in [-0.05, 0) is 49.2 Å². The van der Waals surface area contributed by atoms with Crippen LogP contribution >= 0.6 is 11.6 Å². The lowest BCUT2D eigenvalue weighted by Crippen LogP contribution is -2.16. The van der Waals surface area contributed by atoms with Crippen LogP contribution in [-0.4, -0.2) is 30.5 Å². The van der Waals surface area contributed by atoms with Crippen molar-refractivity contribution in [1.82, 2.24) is 8.96 Å². The fourth-order valence-electron chi connectivity index (χ4n) is 2.80. The van der Waals surface area contributed by atoms with Gasteiger partial charge in [0.2, 0.25) is 0 Å². The van der Waals surface area contributed by atoms with Crippen LogP contribution in [0.2, 0.25) is 5.15 Å². The Morgan fingerprint density at radius 1 is 1.26 bits per heavy atom. The highest BCUT2D eigenvalue weighted by Crippen LogP contribution is 2.27. The topological polar surface area (TPSA) is 78.3 Å². The monoisotopic (exact) mass is 410 g/mol. The molecule has 0 bridgehead atoms. The number of aryl methyl sites for hydroxylation is 1. The minimum atomic E-state index is -4.07. The van der Waals surface area contributed by atoms with Gasteiger partial charge in [0.25, 0.3) is 10.0 Å². The van der Waals surface area contributed by atoms with Gasteiger partial charge < -0.3 is 4.74 Å². The molecule has 0 saturated carbocycles. The second-order valence-electron chi connectivity index (χ2n) is 5.83. The first-order valence-electron chi connectivity index (χ1n) is 8.08. The number of fused-ring (bicyclic) bond motifs is 1. The third-order valence-electron chi connectivity index (χ3n) is 4.03. The van der Waals surface area contributed by atoms with E-state index in [1.165, 1.54) is 31.4 Å². The number of carbonyl (C=O) groups is 1. The Bertz CT molecular complexity index is 1110. The normalized spacial score (nSPS) is 11.7. The Balaban J connectivity index is 2.11. The highest BCUT2D eigenvalue weighted by Gasteiger charge is 2.24. The van der Waals surface area contributed by atoms with Crippen LogP contribution in [0.5, 0.6) is 0 Å². The summed E-state index contributed by atoms with van der Waals surface area (Å²) in [6.07, 6.45) is 0.819. The van der Waals surface area contributed by atoms with E-state index in [9.17, 15) is 17.6 Å². The molecule has 0 aliphatic carbocycles. The molecule has 0 unspecified atom stereocenters. The third kappa shape index (κ3) is 3.96. The number of carbonyl (C=O) groups excluding carboxylic acids is 1. The predicted octanol–water partition coefficient (Wildman–Crippen LogP) is 3.56. The molecule has 0 radical (unpaired) electrons. The molecule has 0 N–H and O–H groups in total. The summed E-state index contributed by atoms with van der Waals surface area (Å²) in [6, 6.07) is 9.43. The molecule has 6 nitrogen and oxygen atoms in total. The molecule has 0 aliphatic rings. The quantitative estimate of drug-likeness (QED) is 0.458. The lowest BCUT2D eigenvalue weighted by Gasteiger charge is -2.12. The molecular formula is C18H16ClFN2O4S. The van der Waals surface area contributed by atoms with Gasteiger partial charge in [-0.2, -0.15) is 0 Å². The summed E-state index contributed by atoms with van der Waals surface area (Å²) in [7, 11) is -2.78. The first-order valence-corrected chi connectivity index (χ1v) is 9.89. The summed E-state index contributed by atoms with van der Waals surface area (Å²) < 4.78 is 45.6. The maximum Gasteiger partial charge on any atom is 0.305 e. The van der Waals surface area contributed by atoms with Crippen LogP contribution in [-0.2, 0) is 26.0 Å². The van der Waals surface area contributed by atoms with Crippen LogP contribution in [0.25, 0.3) is 11.0 Å². The smallest absolute Gasteiger partial charge is 0.305 e. The van der Waals surface area contributed by atoms with Gasteiger partial charge in [0, 0.05) is 12.1 Å². The van der Waals surface area contributed by atoms with Crippen molar-refractivity contribution in [2.75, 3.05) is 7.11 Å². The maximum atomic E-state index is 13.6. The lowest BCUT2D eigenvalue weighted by molar-refractivity contribution is -0.140. The van der Waals surface area contributed by atoms with Gasteiger partial charge in [-0.1, -0.05) is 17.7 Å². The summed E-state index contributed by atoms with van der Waals surface area (Å²) in [4.78, 5) is 15.3. The Morgan fingerprint density at radius 2 is 2.04 bits per heavy atom. The molecule has 2 heterocycles. The number of hydrogen-bond donors (Lipinski definition) is 0. The SMILES string of the molecule is COC(=O)CCCc1cc2nc(Cl)ccc2n1S(=O)(=O)c1cccc(F)c1. The summed E-state index contributed by atoms with van der Waals surface area (Å²) >= 11 is 5.92. The highest BCUT2D eigenvalue weighted by molar-refractivity contribution is 7.90. The predicted molar refractivity (Wildman–Crippen MR) is 98.7 cm³/mol. The fourth-order valence-corrected chi connectivity index (χ4v) is 4.54. The van der Waals surface area contributed by atoms with E-state index >= 15 is 0 Å². The van der Waals surface area contributed by atoms with Crippen molar-refractivity contribution in [3.63, 3.8) is 0 Å². The van der Waals surface area contributed by atoms with Crippen molar-refractivity contribution in [2.24, 2.45) is 0 Å². The van der Waals surface area contributed by atoms with E-state index in [1.54, 1.807) is 12.1 Å². The lowest BCUT2D eigenvalue weighted by atomic mass is 10.2. The fraction of sp³-hybridized carbons (Fsp3) is 0.222. The third-order valence-corrected chi connectivity index (χ3v) is 6.00. The van der Waals surface area contributed by atoms with Crippen molar-refractivity contribution in [3.8, 4) is 0 Å². The largest absolute Gasteiger partial charge is 0.469 e. The van der Waals surface area contributed by atoms with Crippen molar-refractivity contribution >= 4 is 38.6 Å². The summed E-state index contributed by atoms with van der Waals surface area (Å²) in [5, 5.41) is 0.226. The summed E-state index contributed by atoms with van der Waals surface area (Å²) in [5.41, 5.74) is 1.15. The van der Waals surface area contributed by atoms with Crippen LogP contribution in [0, 0.1) is 5.82 Å². The van der Waals surface area contributed by atoms with Gasteiger partial charge in [-0.3, -0.25) is 4.79 Å². The molecule has 0 saturated heterocycles. The molecule has 0 aliphatic heterocycles. The van der Waals surface area contributed by atoms with Gasteiger partial charge in [-0.15, -0.1) is 0 Å². The van der Waals surface area contributed by atoms with Crippen molar-refractivity contribution in [3.05, 3.63) is 59.1 Å². The Kier molecular flexibility index (Phi) is 5.48. The number of nitrogens with zero attached hydrogens (tertiary/aromatic N) is 2. The van der Waals surface area contributed by atoms with Gasteiger partial charge >= 0.3 is 5.97 Å². The minimum absolute atomic E-state index is 0.145. The zero-order valence-electron chi connectivity index (χ0n) is 14.4. The van der Waals surface area contributed by atoms with Gasteiger partial charge in [-0.25, -0.2) is 21.8 Å². The molecule has 3 aromatic rings. The number of benzene rings is 1. The van der Waals surface area contributed by atoms with E-state index in [0.29, 0.717) is 23.1 Å². The molecule has 1 aromatic carbocycles. The van der Waals surface area contributed by atoms with Gasteiger partial charge in [0.15, 0.2) is 0 Å². The second-order valence-corrected chi connectivity index (χ2v) is 8.00. The average molecular weight is 411 g/mol. The Morgan fingerprint density at radius 3 is 2.74 bits per heavy atom. The van der Waals surface area contributed by atoms with E-state index in [2.05, 4.69) is 9.72 Å². The van der Waals surface area contributed by atoms with Crippen LogP contribution in [0.3, 0.4) is 0 Å². The number of ether oxygens (including phenoxy) is 1. The number of methoxy groups -OCH3 is 1. The minimum Gasteiger partial charge on any atom is -0.469 e. The zero-order chi connectivity index (χ0) is 19.6. The number of aromatic nitrogens is 2. The van der Waals surface area contributed by atoms with E-state index in [1.807, 2.05) is 0 Å². The Labute approximate surface area is 160 Å². The number of pyridine rings is 1. The molecule has 0 amide bonds. The van der Waals surface area contributed by atoms with Crippen LogP contribution < -0.4 is 0 Å². The number of rotatable bonds is 6. The molecular weight excluding hydrogens is 395 g/mol. The molecule has 142 valence electrons. The Hall–Kier alpha value is -2.45. The summed E-state index contributed by atoms with van der Waals surface area (Å²) in [5.74, 6) is -1.03. The number of esters is 1. The van der Waals surface area contributed by atoms with Crippen LogP contribution in [0.4, 0.5) is 4.39 Å². The average Bonchev–Trinajstić information content (AvgIpc) is 2.99. The standard InChI is InChI=1S/C18H16ClFN2O4S/c1-26-18(23)7-3-5-13-11-15-16(8-9-17(19)21-15)22(13)27(24,25)14-6-2-4-12(20)10-14/h2,4,6,8-11H,3,5,7H2,1H3. The van der Waals surface area contributed by atoms with E-state index < -0.39 is 15.8 Å². The number of halogens is 2. The highest BCUT2D eigenvalue weighted by atomic mass is 35.5. The van der Waals surface area contributed by atoms with Crippen LogP contribution in [0.15, 0.2) is 47.4 Å². The molecule has 3 rings (SSSR count). The van der Waals surface area contributed by atoms with Crippen LogP contribution in [0.1, 0.15) is 18.5 Å². The zero-order valence-corrected chi connectivity index (χ0v) is 15.9. The molecule has 9 heteroatoms. The molecule has 0 spiro atoms. The van der Waals surface area contributed by atoms with Gasteiger partial charge in [0.1, 0.15) is 11.0 Å². The first-order chi connectivity index (χ1) is 12.8. The summed E-state index contributed by atoms with van der Waals surface area (Å²) in [6.45, 7) is 0. The van der Waals surface area contributed by atoms with E-state index in [4.69, 9.17) is 11.6 Å². The van der Waals surface area contributed by atoms with Crippen molar-refractivity contribution < 1.29 is 22.3 Å². The first kappa shape index (κ1) is 19.3.